The minimum atomic E-state index is -0.233. The number of hydrogen-bond acceptors (Lipinski definition) is 5. The molecule has 0 bridgehead atoms. The molecule has 154 valence electrons. The van der Waals surface area contributed by atoms with Crippen molar-refractivity contribution in [3.05, 3.63) is 52.5 Å². The zero-order chi connectivity index (χ0) is 20.1. The van der Waals surface area contributed by atoms with Crippen LogP contribution in [0.25, 0.3) is 0 Å². The third-order valence-electron chi connectivity index (χ3n) is 5.10. The number of fused-ring (bicyclic) bond motifs is 1. The topological polar surface area (TPSA) is 60.0 Å². The van der Waals surface area contributed by atoms with E-state index in [1.807, 2.05) is 12.1 Å². The summed E-state index contributed by atoms with van der Waals surface area (Å²) in [6.45, 7) is 5.73. The zero-order valence-electron chi connectivity index (χ0n) is 16.3. The SMILES string of the molecule is O=C(Nc1ccc(CCN2CCOCC2)cc1)c1cc(Cl)c2c(c1)OCCCO2. The summed E-state index contributed by atoms with van der Waals surface area (Å²) in [5, 5.41) is 3.30. The van der Waals surface area contributed by atoms with Crippen LogP contribution >= 0.6 is 11.6 Å². The Kier molecular flexibility index (Phi) is 6.54. The fourth-order valence-electron chi connectivity index (χ4n) is 3.43. The second kappa shape index (κ2) is 9.48. The first-order chi connectivity index (χ1) is 14.2. The predicted molar refractivity (Wildman–Crippen MR) is 112 cm³/mol. The average Bonchev–Trinajstić information content (AvgIpc) is 3.00. The molecule has 4 rings (SSSR count). The fraction of sp³-hybridized carbons (Fsp3) is 0.409. The normalized spacial score (nSPS) is 16.9. The van der Waals surface area contributed by atoms with Gasteiger partial charge in [-0.15, -0.1) is 0 Å². The molecule has 2 aromatic rings. The molecule has 0 unspecified atom stereocenters. The Morgan fingerprint density at radius 2 is 1.79 bits per heavy atom. The van der Waals surface area contributed by atoms with Crippen LogP contribution in [0.4, 0.5) is 5.69 Å². The number of amides is 1. The maximum atomic E-state index is 12.7. The first-order valence-corrected chi connectivity index (χ1v) is 10.4. The molecule has 0 radical (unpaired) electrons. The molecule has 2 aliphatic heterocycles. The molecule has 0 saturated carbocycles. The van der Waals surface area contributed by atoms with E-state index in [-0.39, 0.29) is 5.91 Å². The number of morpholine rings is 1. The number of rotatable bonds is 5. The predicted octanol–water partition coefficient (Wildman–Crippen LogP) is 3.63. The molecule has 0 atom stereocenters. The van der Waals surface area contributed by atoms with Crippen molar-refractivity contribution in [1.29, 1.82) is 0 Å². The van der Waals surface area contributed by atoms with E-state index in [9.17, 15) is 4.79 Å². The van der Waals surface area contributed by atoms with Crippen molar-refractivity contribution in [2.24, 2.45) is 0 Å². The van der Waals surface area contributed by atoms with E-state index in [0.717, 1.165) is 51.4 Å². The molecule has 6 nitrogen and oxygen atoms in total. The first-order valence-electron chi connectivity index (χ1n) is 9.98. The zero-order valence-corrected chi connectivity index (χ0v) is 17.0. The van der Waals surface area contributed by atoms with Crippen LogP contribution in [0.1, 0.15) is 22.3 Å². The maximum absolute atomic E-state index is 12.7. The van der Waals surface area contributed by atoms with E-state index >= 15 is 0 Å². The summed E-state index contributed by atoms with van der Waals surface area (Å²) in [7, 11) is 0. The van der Waals surface area contributed by atoms with Crippen molar-refractivity contribution in [3.63, 3.8) is 0 Å². The molecule has 29 heavy (non-hydrogen) atoms. The van der Waals surface area contributed by atoms with Crippen LogP contribution < -0.4 is 14.8 Å². The summed E-state index contributed by atoms with van der Waals surface area (Å²) < 4.78 is 16.7. The Hall–Kier alpha value is -2.28. The number of nitrogens with zero attached hydrogens (tertiary/aromatic N) is 1. The number of benzene rings is 2. The van der Waals surface area contributed by atoms with Crippen LogP contribution in [0.5, 0.6) is 11.5 Å². The van der Waals surface area contributed by atoms with Gasteiger partial charge in [0.1, 0.15) is 0 Å². The summed E-state index contributed by atoms with van der Waals surface area (Å²) in [5.41, 5.74) is 2.43. The van der Waals surface area contributed by atoms with Gasteiger partial charge in [0.25, 0.3) is 5.91 Å². The summed E-state index contributed by atoms with van der Waals surface area (Å²) in [6, 6.07) is 11.3. The van der Waals surface area contributed by atoms with Gasteiger partial charge in [0.05, 0.1) is 31.5 Å². The summed E-state index contributed by atoms with van der Waals surface area (Å²) in [6.07, 6.45) is 1.76. The number of halogens is 1. The lowest BCUT2D eigenvalue weighted by Crippen LogP contribution is -2.37. The van der Waals surface area contributed by atoms with Crippen molar-refractivity contribution in [2.45, 2.75) is 12.8 Å². The van der Waals surface area contributed by atoms with Crippen LogP contribution in [0, 0.1) is 0 Å². The molecule has 1 saturated heterocycles. The van der Waals surface area contributed by atoms with Gasteiger partial charge in [-0.05, 0) is 36.2 Å². The van der Waals surface area contributed by atoms with Gasteiger partial charge in [-0.3, -0.25) is 9.69 Å². The number of nitrogens with one attached hydrogen (secondary N) is 1. The second-order valence-corrected chi connectivity index (χ2v) is 7.60. The Morgan fingerprint density at radius 3 is 2.59 bits per heavy atom. The molecule has 1 amide bonds. The molecular weight excluding hydrogens is 392 g/mol. The van der Waals surface area contributed by atoms with Crippen molar-refractivity contribution >= 4 is 23.2 Å². The van der Waals surface area contributed by atoms with Crippen molar-refractivity contribution < 1.29 is 19.0 Å². The van der Waals surface area contributed by atoms with E-state index in [0.29, 0.717) is 35.3 Å². The molecule has 1 N–H and O–H groups in total. The minimum Gasteiger partial charge on any atom is -0.489 e. The highest BCUT2D eigenvalue weighted by molar-refractivity contribution is 6.32. The molecule has 7 heteroatoms. The molecule has 2 aliphatic rings. The minimum absolute atomic E-state index is 0.233. The lowest BCUT2D eigenvalue weighted by Gasteiger charge is -2.26. The van der Waals surface area contributed by atoms with E-state index in [1.165, 1.54) is 5.56 Å². The van der Waals surface area contributed by atoms with E-state index < -0.39 is 0 Å². The molecule has 2 heterocycles. The number of carbonyl (C=O) groups excluding carboxylic acids is 1. The Labute approximate surface area is 175 Å². The highest BCUT2D eigenvalue weighted by atomic mass is 35.5. The smallest absolute Gasteiger partial charge is 0.255 e. The van der Waals surface area contributed by atoms with E-state index in [4.69, 9.17) is 25.8 Å². The third-order valence-corrected chi connectivity index (χ3v) is 5.38. The van der Waals surface area contributed by atoms with Crippen LogP contribution in [0.15, 0.2) is 36.4 Å². The highest BCUT2D eigenvalue weighted by Crippen LogP contribution is 2.38. The monoisotopic (exact) mass is 416 g/mol. The van der Waals surface area contributed by atoms with Crippen molar-refractivity contribution in [2.75, 3.05) is 51.4 Å². The van der Waals surface area contributed by atoms with Crippen LogP contribution in [-0.2, 0) is 11.2 Å². The van der Waals surface area contributed by atoms with Gasteiger partial charge in [-0.1, -0.05) is 23.7 Å². The van der Waals surface area contributed by atoms with Crippen molar-refractivity contribution in [1.82, 2.24) is 4.90 Å². The maximum Gasteiger partial charge on any atom is 0.255 e. The molecule has 0 aliphatic carbocycles. The van der Waals surface area contributed by atoms with Gasteiger partial charge >= 0.3 is 0 Å². The first kappa shape index (κ1) is 20.0. The molecule has 1 fully saturated rings. The van der Waals surface area contributed by atoms with Crippen LogP contribution in [0.3, 0.4) is 0 Å². The summed E-state index contributed by atoms with van der Waals surface area (Å²) in [4.78, 5) is 15.1. The number of hydrogen-bond donors (Lipinski definition) is 1. The van der Waals surface area contributed by atoms with Gasteiger partial charge in [-0.25, -0.2) is 0 Å². The van der Waals surface area contributed by atoms with Gasteiger partial charge in [0.15, 0.2) is 11.5 Å². The second-order valence-electron chi connectivity index (χ2n) is 7.19. The van der Waals surface area contributed by atoms with Crippen LogP contribution in [0.2, 0.25) is 5.02 Å². The van der Waals surface area contributed by atoms with Crippen molar-refractivity contribution in [3.8, 4) is 11.5 Å². The van der Waals surface area contributed by atoms with Crippen LogP contribution in [-0.4, -0.2) is 56.9 Å². The Morgan fingerprint density at radius 1 is 1.03 bits per heavy atom. The lowest BCUT2D eigenvalue weighted by molar-refractivity contribution is 0.0384. The van der Waals surface area contributed by atoms with Gasteiger partial charge in [-0.2, -0.15) is 0 Å². The summed E-state index contributed by atoms with van der Waals surface area (Å²) in [5.74, 6) is 0.785. The standard InChI is InChI=1S/C22H25ClN2O4/c23-19-14-17(15-20-21(19)29-11-1-10-28-20)22(26)24-18-4-2-16(3-5-18)6-7-25-8-12-27-13-9-25/h2-5,14-15H,1,6-13H2,(H,24,26). The quantitative estimate of drug-likeness (QED) is 0.806. The van der Waals surface area contributed by atoms with E-state index in [2.05, 4.69) is 22.3 Å². The largest absolute Gasteiger partial charge is 0.489 e. The average molecular weight is 417 g/mol. The van der Waals surface area contributed by atoms with Gasteiger partial charge in [0, 0.05) is 37.3 Å². The lowest BCUT2D eigenvalue weighted by atomic mass is 10.1. The van der Waals surface area contributed by atoms with E-state index in [1.54, 1.807) is 12.1 Å². The third kappa shape index (κ3) is 5.21. The highest BCUT2D eigenvalue weighted by Gasteiger charge is 2.18. The number of ether oxygens (including phenoxy) is 3. The van der Waals surface area contributed by atoms with Gasteiger partial charge in [0.2, 0.25) is 0 Å². The number of anilines is 1. The Bertz CT molecular complexity index is 851. The molecular formula is C22H25ClN2O4. The molecule has 0 aromatic heterocycles. The van der Waals surface area contributed by atoms with Gasteiger partial charge < -0.3 is 19.5 Å². The Balaban J connectivity index is 1.37. The summed E-state index contributed by atoms with van der Waals surface area (Å²) >= 11 is 6.29. The number of carbonyl (C=O) groups is 1. The molecule has 0 spiro atoms. The molecule has 2 aromatic carbocycles. The fourth-order valence-corrected chi connectivity index (χ4v) is 3.70.